The molecule has 3 aromatic carbocycles. The summed E-state index contributed by atoms with van der Waals surface area (Å²) in [7, 11) is 0. The van der Waals surface area contributed by atoms with Crippen molar-refractivity contribution in [3.05, 3.63) is 78.9 Å². The highest BCUT2D eigenvalue weighted by atomic mass is 15.6. The number of fused-ring (bicyclic) bond motifs is 1. The zero-order valence-corrected chi connectivity index (χ0v) is 21.8. The van der Waals surface area contributed by atoms with E-state index in [1.54, 1.807) is 0 Å². The SMILES string of the molecule is CC1(C)N=C2N(c3cc(-c4ccccc4)cc(-c4ccccc4)c3)C(C)(C)C(C)(C)N2C1(C)C. The Morgan fingerprint density at radius 3 is 1.47 bits per heavy atom. The first kappa shape index (κ1) is 22.7. The zero-order valence-electron chi connectivity index (χ0n) is 21.8. The summed E-state index contributed by atoms with van der Waals surface area (Å²) in [4.78, 5) is 10.4. The van der Waals surface area contributed by atoms with Gasteiger partial charge in [-0.25, -0.2) is 4.99 Å². The van der Waals surface area contributed by atoms with Crippen LogP contribution in [0, 0.1) is 0 Å². The van der Waals surface area contributed by atoms with E-state index in [-0.39, 0.29) is 22.2 Å². The number of anilines is 1. The number of rotatable bonds is 3. The van der Waals surface area contributed by atoms with Crippen LogP contribution < -0.4 is 4.90 Å². The van der Waals surface area contributed by atoms with Crippen molar-refractivity contribution in [2.45, 2.75) is 77.5 Å². The average molecular weight is 452 g/mol. The van der Waals surface area contributed by atoms with Crippen molar-refractivity contribution in [2.75, 3.05) is 4.90 Å². The van der Waals surface area contributed by atoms with E-state index in [0.29, 0.717) is 0 Å². The fourth-order valence-corrected chi connectivity index (χ4v) is 5.63. The van der Waals surface area contributed by atoms with Crippen molar-refractivity contribution in [1.29, 1.82) is 0 Å². The van der Waals surface area contributed by atoms with E-state index in [9.17, 15) is 0 Å². The van der Waals surface area contributed by atoms with Gasteiger partial charge in [0, 0.05) is 5.69 Å². The summed E-state index contributed by atoms with van der Waals surface area (Å²) in [6.07, 6.45) is 0. The van der Waals surface area contributed by atoms with Crippen LogP contribution in [0.1, 0.15) is 55.4 Å². The van der Waals surface area contributed by atoms with E-state index in [2.05, 4.69) is 144 Å². The largest absolute Gasteiger partial charge is 0.327 e. The topological polar surface area (TPSA) is 18.8 Å². The zero-order chi connectivity index (χ0) is 24.5. The summed E-state index contributed by atoms with van der Waals surface area (Å²) < 4.78 is 0. The Bertz CT molecular complexity index is 1190. The van der Waals surface area contributed by atoms with Gasteiger partial charge in [-0.3, -0.25) is 0 Å². The first-order valence-electron chi connectivity index (χ1n) is 12.3. The van der Waals surface area contributed by atoms with Crippen molar-refractivity contribution >= 4 is 11.6 Å². The Kier molecular flexibility index (Phi) is 4.82. The standard InChI is InChI=1S/C31H37N3/c1-28(2)29(3,4)34-27(32-28)33(30(5,6)31(34,7)8)26-20-24(22-15-11-9-12-16-22)19-25(21-26)23-17-13-10-14-18-23/h9-21H,1-8H3. The highest BCUT2D eigenvalue weighted by Crippen LogP contribution is 2.54. The second-order valence-electron chi connectivity index (χ2n) is 11.8. The van der Waals surface area contributed by atoms with Crippen LogP contribution in [0.2, 0.25) is 0 Å². The van der Waals surface area contributed by atoms with Crippen LogP contribution in [0.3, 0.4) is 0 Å². The number of nitrogens with zero attached hydrogens (tertiary/aromatic N) is 3. The third-order valence-electron chi connectivity index (χ3n) is 8.84. The maximum Gasteiger partial charge on any atom is 0.203 e. The molecule has 2 aliphatic rings. The van der Waals surface area contributed by atoms with Gasteiger partial charge in [0.2, 0.25) is 5.96 Å². The lowest BCUT2D eigenvalue weighted by molar-refractivity contribution is 0.0529. The monoisotopic (exact) mass is 451 g/mol. The molecule has 0 saturated carbocycles. The average Bonchev–Trinajstić information content (AvgIpc) is 3.07. The van der Waals surface area contributed by atoms with Gasteiger partial charge in [0.1, 0.15) is 0 Å². The quantitative estimate of drug-likeness (QED) is 0.408. The molecule has 0 N–H and O–H groups in total. The van der Waals surface area contributed by atoms with Crippen molar-refractivity contribution in [1.82, 2.24) is 4.90 Å². The van der Waals surface area contributed by atoms with Gasteiger partial charge in [0.15, 0.2) is 0 Å². The predicted octanol–water partition coefficient (Wildman–Crippen LogP) is 7.63. The van der Waals surface area contributed by atoms with Crippen LogP contribution in [0.15, 0.2) is 83.9 Å². The van der Waals surface area contributed by atoms with Gasteiger partial charge in [-0.05, 0) is 95.8 Å². The van der Waals surface area contributed by atoms with E-state index in [1.807, 2.05) is 0 Å². The second kappa shape index (κ2) is 7.21. The molecule has 3 aromatic rings. The van der Waals surface area contributed by atoms with Gasteiger partial charge in [-0.1, -0.05) is 60.7 Å². The Balaban J connectivity index is 1.76. The van der Waals surface area contributed by atoms with Crippen LogP contribution in [-0.4, -0.2) is 33.0 Å². The van der Waals surface area contributed by atoms with Crippen molar-refractivity contribution in [2.24, 2.45) is 4.99 Å². The van der Waals surface area contributed by atoms with Crippen molar-refractivity contribution < 1.29 is 0 Å². The lowest BCUT2D eigenvalue weighted by atomic mass is 9.76. The normalized spacial score (nSPS) is 21.4. The van der Waals surface area contributed by atoms with Crippen LogP contribution in [0.4, 0.5) is 5.69 Å². The molecule has 2 aliphatic heterocycles. The van der Waals surface area contributed by atoms with Crippen molar-refractivity contribution in [3.63, 3.8) is 0 Å². The van der Waals surface area contributed by atoms with E-state index in [0.717, 1.165) is 5.96 Å². The third-order valence-corrected chi connectivity index (χ3v) is 8.84. The Labute approximate surface area is 205 Å². The number of aliphatic imine (C=N–C) groups is 1. The molecule has 0 aromatic heterocycles. The predicted molar refractivity (Wildman–Crippen MR) is 145 cm³/mol. The highest BCUT2D eigenvalue weighted by Gasteiger charge is 2.65. The first-order chi connectivity index (χ1) is 15.9. The molecular formula is C31H37N3. The van der Waals surface area contributed by atoms with Gasteiger partial charge in [0.25, 0.3) is 0 Å². The molecule has 176 valence electrons. The van der Waals surface area contributed by atoms with Gasteiger partial charge < -0.3 is 9.80 Å². The van der Waals surface area contributed by atoms with Gasteiger partial charge >= 0.3 is 0 Å². The van der Waals surface area contributed by atoms with Crippen molar-refractivity contribution in [3.8, 4) is 22.3 Å². The van der Waals surface area contributed by atoms with E-state index in [1.165, 1.54) is 27.9 Å². The smallest absolute Gasteiger partial charge is 0.203 e. The molecule has 1 saturated heterocycles. The van der Waals surface area contributed by atoms with Crippen LogP contribution in [0.5, 0.6) is 0 Å². The van der Waals surface area contributed by atoms with Gasteiger partial charge in [-0.2, -0.15) is 0 Å². The summed E-state index contributed by atoms with van der Waals surface area (Å²) in [6.45, 7) is 18.6. The van der Waals surface area contributed by atoms with Gasteiger partial charge in [-0.15, -0.1) is 0 Å². The molecule has 0 radical (unpaired) electrons. The molecule has 0 spiro atoms. The molecule has 34 heavy (non-hydrogen) atoms. The highest BCUT2D eigenvalue weighted by molar-refractivity contribution is 6.04. The summed E-state index contributed by atoms with van der Waals surface area (Å²) in [5.74, 6) is 1.08. The molecule has 0 bridgehead atoms. The minimum absolute atomic E-state index is 0.100. The number of guanidine groups is 1. The fraction of sp³-hybridized carbons (Fsp3) is 0.387. The molecule has 0 aliphatic carbocycles. The minimum atomic E-state index is -0.187. The van der Waals surface area contributed by atoms with E-state index < -0.39 is 0 Å². The third kappa shape index (κ3) is 3.06. The summed E-state index contributed by atoms with van der Waals surface area (Å²) >= 11 is 0. The van der Waals surface area contributed by atoms with Crippen LogP contribution in [0.25, 0.3) is 22.3 Å². The molecule has 1 fully saturated rings. The number of hydrogen-bond donors (Lipinski definition) is 0. The summed E-state index contributed by atoms with van der Waals surface area (Å²) in [5, 5.41) is 0. The maximum atomic E-state index is 5.36. The first-order valence-corrected chi connectivity index (χ1v) is 12.3. The Hall–Kier alpha value is -3.07. The van der Waals surface area contributed by atoms with E-state index >= 15 is 0 Å². The Morgan fingerprint density at radius 1 is 0.529 bits per heavy atom. The fourth-order valence-electron chi connectivity index (χ4n) is 5.63. The molecule has 0 amide bonds. The second-order valence-corrected chi connectivity index (χ2v) is 11.8. The number of hydrogen-bond acceptors (Lipinski definition) is 3. The lowest BCUT2D eigenvalue weighted by Gasteiger charge is -2.50. The summed E-state index contributed by atoms with van der Waals surface area (Å²) in [6, 6.07) is 28.4. The minimum Gasteiger partial charge on any atom is -0.327 e. The maximum absolute atomic E-state index is 5.36. The lowest BCUT2D eigenvalue weighted by Crippen LogP contribution is -2.62. The number of benzene rings is 3. The molecule has 3 nitrogen and oxygen atoms in total. The summed E-state index contributed by atoms with van der Waals surface area (Å²) in [5.41, 5.74) is 5.52. The molecule has 5 rings (SSSR count). The van der Waals surface area contributed by atoms with E-state index in [4.69, 9.17) is 4.99 Å². The molecular weight excluding hydrogens is 414 g/mol. The van der Waals surface area contributed by atoms with Crippen LogP contribution >= 0.6 is 0 Å². The molecule has 3 heteroatoms. The molecule has 0 unspecified atom stereocenters. The van der Waals surface area contributed by atoms with Gasteiger partial charge in [0.05, 0.1) is 22.2 Å². The van der Waals surface area contributed by atoms with Crippen LogP contribution in [-0.2, 0) is 0 Å². The molecule has 2 heterocycles. The Morgan fingerprint density at radius 2 is 1.00 bits per heavy atom. The molecule has 0 atom stereocenters.